The molecule has 0 aliphatic carbocycles. The van der Waals surface area contributed by atoms with Crippen molar-refractivity contribution in [2.45, 2.75) is 45.1 Å². The molecule has 0 saturated carbocycles. The van der Waals surface area contributed by atoms with Gasteiger partial charge in [0.2, 0.25) is 5.88 Å². The van der Waals surface area contributed by atoms with Crippen molar-refractivity contribution in [1.29, 1.82) is 0 Å². The predicted molar refractivity (Wildman–Crippen MR) is 105 cm³/mol. The van der Waals surface area contributed by atoms with Crippen molar-refractivity contribution in [3.05, 3.63) is 29.1 Å². The monoisotopic (exact) mass is 387 g/mol. The number of methoxy groups -OCH3 is 1. The molecule has 1 amide bonds. The number of H-pyrrole nitrogens is 1. The normalized spacial score (nSPS) is 17.6. The second kappa shape index (κ2) is 6.48. The van der Waals surface area contributed by atoms with Gasteiger partial charge in [-0.1, -0.05) is 6.92 Å². The van der Waals surface area contributed by atoms with E-state index in [9.17, 15) is 9.18 Å². The van der Waals surface area contributed by atoms with E-state index in [4.69, 9.17) is 10.5 Å². The van der Waals surface area contributed by atoms with Crippen molar-refractivity contribution in [3.63, 3.8) is 0 Å². The minimum absolute atomic E-state index is 0.0951. The van der Waals surface area contributed by atoms with Crippen molar-refractivity contribution in [2.24, 2.45) is 5.73 Å². The molecule has 0 unspecified atom stereocenters. The topological polar surface area (TPSA) is 88.6 Å². The zero-order valence-electron chi connectivity index (χ0n) is 16.7. The van der Waals surface area contributed by atoms with Gasteiger partial charge in [0.15, 0.2) is 5.65 Å². The molecular weight excluding hydrogens is 361 g/mol. The minimum atomic E-state index is -0.696. The zero-order valence-corrected chi connectivity index (χ0v) is 16.7. The number of nitrogens with zero attached hydrogens (tertiary/aromatic N) is 3. The van der Waals surface area contributed by atoms with Gasteiger partial charge in [-0.25, -0.2) is 13.9 Å². The highest BCUT2D eigenvalue weighted by molar-refractivity contribution is 6.05. The number of rotatable bonds is 4. The van der Waals surface area contributed by atoms with Gasteiger partial charge >= 0.3 is 0 Å². The van der Waals surface area contributed by atoms with E-state index < -0.39 is 11.7 Å². The van der Waals surface area contributed by atoms with E-state index in [1.165, 1.54) is 6.07 Å². The Bertz CT molecular complexity index is 1060. The summed E-state index contributed by atoms with van der Waals surface area (Å²) in [5.41, 5.74) is 7.92. The molecule has 1 saturated heterocycles. The fraction of sp³-hybridized carbons (Fsp3) is 0.500. The summed E-state index contributed by atoms with van der Waals surface area (Å²) in [5, 5.41) is 3.20. The summed E-state index contributed by atoms with van der Waals surface area (Å²) in [5.74, 6) is -0.616. The van der Waals surface area contributed by atoms with Crippen LogP contribution in [0.3, 0.4) is 0 Å². The fourth-order valence-electron chi connectivity index (χ4n) is 4.37. The molecule has 0 atom stereocenters. The quantitative estimate of drug-likeness (QED) is 0.720. The number of benzene rings is 1. The highest BCUT2D eigenvalue weighted by atomic mass is 19.1. The number of carbonyl (C=O) groups excluding carboxylic acids is 1. The van der Waals surface area contributed by atoms with Gasteiger partial charge in [-0.15, -0.1) is 0 Å². The average molecular weight is 387 g/mol. The molecule has 2 aromatic heterocycles. The number of fused-ring (bicyclic) bond motifs is 3. The molecule has 3 aromatic rings. The molecule has 28 heavy (non-hydrogen) atoms. The number of carbonyl (C=O) groups is 1. The number of amides is 1. The summed E-state index contributed by atoms with van der Waals surface area (Å²) < 4.78 is 21.3. The molecule has 7 nitrogen and oxygen atoms in total. The molecule has 1 fully saturated rings. The van der Waals surface area contributed by atoms with Crippen molar-refractivity contribution in [2.75, 3.05) is 20.2 Å². The molecule has 3 N–H and O–H groups in total. The Morgan fingerprint density at radius 2 is 2.04 bits per heavy atom. The molecule has 3 heterocycles. The highest BCUT2D eigenvalue weighted by Crippen LogP contribution is 2.43. The average Bonchev–Trinajstić information content (AvgIpc) is 3.16. The van der Waals surface area contributed by atoms with E-state index in [1.54, 1.807) is 11.6 Å². The second-order valence-electron chi connectivity index (χ2n) is 8.17. The van der Waals surface area contributed by atoms with Gasteiger partial charge in [-0.05, 0) is 45.8 Å². The first-order chi connectivity index (χ1) is 13.2. The van der Waals surface area contributed by atoms with Crippen LogP contribution >= 0.6 is 0 Å². The van der Waals surface area contributed by atoms with Crippen LogP contribution in [0.25, 0.3) is 16.7 Å². The Balaban J connectivity index is 1.92. The van der Waals surface area contributed by atoms with E-state index in [0.717, 1.165) is 37.6 Å². The van der Waals surface area contributed by atoms with Crippen molar-refractivity contribution in [3.8, 4) is 5.88 Å². The Labute approximate surface area is 162 Å². The Kier molecular flexibility index (Phi) is 4.33. The van der Waals surface area contributed by atoms with Crippen LogP contribution in [0.1, 0.15) is 49.5 Å². The number of halogens is 1. The number of aromatic nitrogens is 3. The fourth-order valence-corrected chi connectivity index (χ4v) is 4.37. The Morgan fingerprint density at radius 1 is 1.36 bits per heavy atom. The number of imidazole rings is 1. The molecule has 0 bridgehead atoms. The summed E-state index contributed by atoms with van der Waals surface area (Å²) >= 11 is 0. The third-order valence-corrected chi connectivity index (χ3v) is 6.09. The lowest BCUT2D eigenvalue weighted by molar-refractivity contribution is 0.100. The standard InChI is InChI=1S/C20H26FN5O2/c1-11(2)25-7-5-20(3,6-8-25)15-18-23-14-10-12(21)9-13(17(22)27)16(14)26(18)24-19(15)28-4/h9-11,24H,5-8H2,1-4H3,(H2,22,27). The Morgan fingerprint density at radius 3 is 2.61 bits per heavy atom. The van der Waals surface area contributed by atoms with Crippen LogP contribution < -0.4 is 10.5 Å². The van der Waals surface area contributed by atoms with Gasteiger partial charge in [0.25, 0.3) is 5.91 Å². The first-order valence-corrected chi connectivity index (χ1v) is 9.57. The molecule has 1 aliphatic heterocycles. The highest BCUT2D eigenvalue weighted by Gasteiger charge is 2.38. The zero-order chi connectivity index (χ0) is 20.2. The largest absolute Gasteiger partial charge is 0.481 e. The Hall–Kier alpha value is -2.61. The number of hydrogen-bond donors (Lipinski definition) is 2. The van der Waals surface area contributed by atoms with Crippen LogP contribution in [0.15, 0.2) is 12.1 Å². The number of aromatic amines is 1. The third-order valence-electron chi connectivity index (χ3n) is 6.09. The first kappa shape index (κ1) is 18.7. The molecule has 4 rings (SSSR count). The number of nitrogens with two attached hydrogens (primary N) is 1. The van der Waals surface area contributed by atoms with E-state index in [-0.39, 0.29) is 11.0 Å². The number of primary amides is 1. The maximum Gasteiger partial charge on any atom is 0.251 e. The number of piperidine rings is 1. The van der Waals surface area contributed by atoms with Crippen LogP contribution in [0.2, 0.25) is 0 Å². The lowest BCUT2D eigenvalue weighted by Gasteiger charge is -2.40. The molecular formula is C20H26FN5O2. The lowest BCUT2D eigenvalue weighted by Crippen LogP contribution is -2.44. The third kappa shape index (κ3) is 2.74. The molecule has 1 aromatic carbocycles. The number of hydrogen-bond acceptors (Lipinski definition) is 4. The molecule has 0 radical (unpaired) electrons. The summed E-state index contributed by atoms with van der Waals surface area (Å²) in [7, 11) is 1.61. The number of nitrogens with one attached hydrogen (secondary N) is 1. The first-order valence-electron chi connectivity index (χ1n) is 9.57. The van der Waals surface area contributed by atoms with Crippen LogP contribution in [0.5, 0.6) is 5.88 Å². The van der Waals surface area contributed by atoms with Gasteiger partial charge in [0, 0.05) is 17.5 Å². The predicted octanol–water partition coefficient (Wildman–Crippen LogP) is 2.82. The van der Waals surface area contributed by atoms with E-state index in [1.807, 2.05) is 0 Å². The summed E-state index contributed by atoms with van der Waals surface area (Å²) in [6, 6.07) is 2.98. The molecule has 150 valence electrons. The van der Waals surface area contributed by atoms with Crippen LogP contribution in [-0.2, 0) is 5.41 Å². The smallest absolute Gasteiger partial charge is 0.251 e. The van der Waals surface area contributed by atoms with Crippen LogP contribution in [0.4, 0.5) is 4.39 Å². The molecule has 0 spiro atoms. The van der Waals surface area contributed by atoms with E-state index in [0.29, 0.717) is 28.6 Å². The van der Waals surface area contributed by atoms with Crippen molar-refractivity contribution < 1.29 is 13.9 Å². The number of likely N-dealkylation sites (tertiary alicyclic amines) is 1. The van der Waals surface area contributed by atoms with Crippen molar-refractivity contribution in [1.82, 2.24) is 19.5 Å². The summed E-state index contributed by atoms with van der Waals surface area (Å²) in [6.07, 6.45) is 1.91. The molecule has 1 aliphatic rings. The van der Waals surface area contributed by atoms with Crippen LogP contribution in [0, 0.1) is 5.82 Å². The van der Waals surface area contributed by atoms with Crippen LogP contribution in [-0.4, -0.2) is 51.6 Å². The molecule has 8 heteroatoms. The maximum absolute atomic E-state index is 14.0. The van der Waals surface area contributed by atoms with Gasteiger partial charge in [-0.3, -0.25) is 9.89 Å². The minimum Gasteiger partial charge on any atom is -0.481 e. The van der Waals surface area contributed by atoms with Gasteiger partial charge in [-0.2, -0.15) is 0 Å². The van der Waals surface area contributed by atoms with Gasteiger partial charge < -0.3 is 15.4 Å². The SMILES string of the molecule is COc1[nH]n2c(nc3cc(F)cc(C(N)=O)c32)c1C1(C)CCN(C(C)C)CC1. The summed E-state index contributed by atoms with van der Waals surface area (Å²) in [4.78, 5) is 19.0. The summed E-state index contributed by atoms with van der Waals surface area (Å²) in [6.45, 7) is 8.59. The van der Waals surface area contributed by atoms with E-state index in [2.05, 4.69) is 35.8 Å². The van der Waals surface area contributed by atoms with Gasteiger partial charge in [0.1, 0.15) is 11.3 Å². The van der Waals surface area contributed by atoms with E-state index >= 15 is 0 Å². The van der Waals surface area contributed by atoms with Crippen molar-refractivity contribution >= 4 is 22.6 Å². The number of ether oxygens (including phenoxy) is 1. The van der Waals surface area contributed by atoms with Gasteiger partial charge in [0.05, 0.1) is 23.8 Å². The lowest BCUT2D eigenvalue weighted by atomic mass is 9.75. The maximum atomic E-state index is 14.0. The second-order valence-corrected chi connectivity index (χ2v) is 8.17.